The standard InChI is InChI=1S/C12H13ClN2O.C12H12N2O.C8H8N2.C4H6Cl2O.Na.H/c13-6-1-2-12(16)15-10-4-3-9-5-7-14-11(9)8-10;15-12-2-1-7-14(12)10-4-3-9-5-6-13-11(9)8-10;9-7-2-1-6-3-4-10-8(6)5-7;5-3-1-2-4(6)7;;/h3-5,7-8,14H,1-2,6H2,(H,15,16);3-6,8,13H,1-2,7H2;1-5,10H,9H2;1-3H2;;/q;;;;+1;-1. The molecule has 0 radical (unpaired) electrons. The number of nitrogen functional groups attached to an aromatic ring is 1. The van der Waals surface area contributed by atoms with E-state index >= 15 is 0 Å². The van der Waals surface area contributed by atoms with E-state index in [1.165, 1.54) is 10.8 Å². The van der Waals surface area contributed by atoms with Crippen molar-refractivity contribution in [2.24, 2.45) is 0 Å². The van der Waals surface area contributed by atoms with Crippen LogP contribution in [0.2, 0.25) is 0 Å². The largest absolute Gasteiger partial charge is 1.00 e. The van der Waals surface area contributed by atoms with E-state index in [9.17, 15) is 14.4 Å². The van der Waals surface area contributed by atoms with Gasteiger partial charge in [-0.05, 0) is 102 Å². The van der Waals surface area contributed by atoms with Gasteiger partial charge in [-0.3, -0.25) is 14.4 Å². The molecule has 4 heterocycles. The molecule has 3 aromatic heterocycles. The molecule has 6 aromatic rings. The normalized spacial score (nSPS) is 11.9. The average Bonchev–Trinajstić information content (AvgIpc) is 3.90. The zero-order valence-corrected chi connectivity index (χ0v) is 31.7. The van der Waals surface area contributed by atoms with Crippen molar-refractivity contribution in [1.29, 1.82) is 0 Å². The van der Waals surface area contributed by atoms with Crippen LogP contribution in [0, 0.1) is 0 Å². The molecular formula is C36H40Cl3N6NaO3. The average molecular weight is 734 g/mol. The Hall–Kier alpha value is -3.44. The van der Waals surface area contributed by atoms with Gasteiger partial charge in [0, 0.05) is 89.8 Å². The first kappa shape index (κ1) is 40.0. The Kier molecular flexibility index (Phi) is 17.1. The number of amides is 2. The van der Waals surface area contributed by atoms with Gasteiger partial charge in [0.1, 0.15) is 0 Å². The number of fused-ring (bicyclic) bond motifs is 3. The number of benzene rings is 3. The van der Waals surface area contributed by atoms with Crippen molar-refractivity contribution >= 4 is 102 Å². The number of hydrogen-bond acceptors (Lipinski definition) is 4. The molecule has 7 rings (SSSR count). The molecule has 1 aliphatic heterocycles. The molecule has 2 amide bonds. The second-order valence-corrected chi connectivity index (χ2v) is 12.2. The van der Waals surface area contributed by atoms with E-state index in [4.69, 9.17) is 40.5 Å². The number of halogens is 3. The molecule has 1 aliphatic rings. The van der Waals surface area contributed by atoms with E-state index in [2.05, 4.69) is 20.3 Å². The van der Waals surface area contributed by atoms with Crippen LogP contribution in [-0.2, 0) is 14.4 Å². The van der Waals surface area contributed by atoms with Crippen LogP contribution < -0.4 is 45.5 Å². The smallest absolute Gasteiger partial charge is 1.00 e. The molecule has 49 heavy (non-hydrogen) atoms. The minimum absolute atomic E-state index is 0. The number of anilines is 3. The third kappa shape index (κ3) is 12.8. The number of carbonyl (C=O) groups excluding carboxylic acids is 3. The van der Waals surface area contributed by atoms with Crippen molar-refractivity contribution in [2.75, 3.05) is 34.3 Å². The van der Waals surface area contributed by atoms with Gasteiger partial charge in [0.05, 0.1) is 0 Å². The first-order valence-corrected chi connectivity index (χ1v) is 17.1. The topological polar surface area (TPSA) is 140 Å². The zero-order chi connectivity index (χ0) is 34.3. The van der Waals surface area contributed by atoms with Crippen LogP contribution in [0.15, 0.2) is 91.4 Å². The fourth-order valence-corrected chi connectivity index (χ4v) is 5.37. The third-order valence-electron chi connectivity index (χ3n) is 7.39. The van der Waals surface area contributed by atoms with Gasteiger partial charge in [-0.25, -0.2) is 0 Å². The van der Waals surface area contributed by atoms with Gasteiger partial charge in [-0.2, -0.15) is 0 Å². The Balaban J connectivity index is 0.000000238. The number of aromatic nitrogens is 3. The summed E-state index contributed by atoms with van der Waals surface area (Å²) in [5.74, 6) is 1.27. The van der Waals surface area contributed by atoms with Gasteiger partial charge < -0.3 is 32.3 Å². The van der Waals surface area contributed by atoms with Crippen LogP contribution in [0.4, 0.5) is 17.1 Å². The molecule has 0 bridgehead atoms. The van der Waals surface area contributed by atoms with Gasteiger partial charge in [0.25, 0.3) is 0 Å². The number of nitrogens with one attached hydrogen (secondary N) is 4. The molecule has 13 heteroatoms. The Morgan fingerprint density at radius 1 is 0.776 bits per heavy atom. The van der Waals surface area contributed by atoms with Gasteiger partial charge in [-0.1, -0.05) is 18.2 Å². The fourth-order valence-electron chi connectivity index (χ4n) is 4.97. The SMILES string of the molecule is Nc1ccc2cc[nH]c2c1.O=C(CCCCl)Nc1ccc2cc[nH]c2c1.O=C(Cl)CCCCl.O=C1CCCN1c1ccc2cc[nH]c2c1.[H-].[Na+]. The second kappa shape index (κ2) is 20.9. The number of nitrogens with two attached hydrogens (primary N) is 1. The molecule has 0 spiro atoms. The van der Waals surface area contributed by atoms with E-state index in [1.807, 2.05) is 96.3 Å². The van der Waals surface area contributed by atoms with Crippen LogP contribution in [-0.4, -0.2) is 50.3 Å². The summed E-state index contributed by atoms with van der Waals surface area (Å²) >= 11 is 15.7. The summed E-state index contributed by atoms with van der Waals surface area (Å²) in [4.78, 5) is 44.1. The Morgan fingerprint density at radius 2 is 1.33 bits per heavy atom. The summed E-state index contributed by atoms with van der Waals surface area (Å²) in [7, 11) is 0. The summed E-state index contributed by atoms with van der Waals surface area (Å²) in [6.45, 7) is 0.852. The minimum atomic E-state index is -0.305. The minimum Gasteiger partial charge on any atom is -1.00 e. The molecule has 0 unspecified atom stereocenters. The van der Waals surface area contributed by atoms with E-state index in [0.29, 0.717) is 43.9 Å². The van der Waals surface area contributed by atoms with Gasteiger partial charge in [-0.15, -0.1) is 23.2 Å². The quantitative estimate of drug-likeness (QED) is 0.0562. The summed E-state index contributed by atoms with van der Waals surface area (Å²) in [6.07, 6.45) is 9.61. The molecule has 1 saturated heterocycles. The van der Waals surface area contributed by atoms with Gasteiger partial charge in [0.2, 0.25) is 17.1 Å². The summed E-state index contributed by atoms with van der Waals surface area (Å²) in [5.41, 5.74) is 11.4. The number of carbonyl (C=O) groups is 3. The van der Waals surface area contributed by atoms with Crippen LogP contribution in [0.3, 0.4) is 0 Å². The number of nitrogens with zero attached hydrogens (tertiary/aromatic N) is 1. The summed E-state index contributed by atoms with van der Waals surface area (Å²) in [6, 6.07) is 23.8. The Morgan fingerprint density at radius 3 is 1.88 bits per heavy atom. The second-order valence-electron chi connectivity index (χ2n) is 11.0. The van der Waals surface area contributed by atoms with Crippen molar-refractivity contribution in [3.63, 3.8) is 0 Å². The maximum Gasteiger partial charge on any atom is 1.00 e. The number of aromatic amines is 3. The maximum absolute atomic E-state index is 11.6. The van der Waals surface area contributed by atoms with Crippen molar-refractivity contribution in [2.45, 2.75) is 38.5 Å². The van der Waals surface area contributed by atoms with Crippen LogP contribution in [0.1, 0.15) is 40.0 Å². The molecule has 254 valence electrons. The Labute approximate surface area is 324 Å². The molecule has 1 fully saturated rings. The maximum atomic E-state index is 11.6. The fraction of sp³-hybridized carbons (Fsp3) is 0.250. The van der Waals surface area contributed by atoms with Gasteiger partial charge in [0.15, 0.2) is 0 Å². The van der Waals surface area contributed by atoms with Crippen molar-refractivity contribution in [3.8, 4) is 0 Å². The summed E-state index contributed by atoms with van der Waals surface area (Å²) < 4.78 is 0. The zero-order valence-electron chi connectivity index (χ0n) is 28.4. The van der Waals surface area contributed by atoms with E-state index in [-0.39, 0.29) is 48.0 Å². The molecule has 0 saturated carbocycles. The summed E-state index contributed by atoms with van der Waals surface area (Å²) in [5, 5.41) is 6.06. The van der Waals surface area contributed by atoms with E-state index in [0.717, 1.165) is 52.0 Å². The molecule has 0 aliphatic carbocycles. The first-order valence-electron chi connectivity index (χ1n) is 15.6. The number of hydrogen-bond donors (Lipinski definition) is 5. The predicted octanol–water partition coefficient (Wildman–Crippen LogP) is 6.06. The van der Waals surface area contributed by atoms with Crippen molar-refractivity contribution in [1.82, 2.24) is 15.0 Å². The number of H-pyrrole nitrogens is 3. The van der Waals surface area contributed by atoms with Crippen molar-refractivity contribution in [3.05, 3.63) is 91.4 Å². The van der Waals surface area contributed by atoms with E-state index < -0.39 is 0 Å². The number of alkyl halides is 2. The number of rotatable bonds is 8. The van der Waals surface area contributed by atoms with Crippen LogP contribution in [0.25, 0.3) is 32.7 Å². The molecule has 9 nitrogen and oxygen atoms in total. The van der Waals surface area contributed by atoms with Crippen LogP contribution >= 0.6 is 34.8 Å². The van der Waals surface area contributed by atoms with E-state index in [1.54, 1.807) is 0 Å². The predicted molar refractivity (Wildman–Crippen MR) is 201 cm³/mol. The van der Waals surface area contributed by atoms with Crippen molar-refractivity contribution < 1.29 is 45.4 Å². The first-order chi connectivity index (χ1) is 23.3. The van der Waals surface area contributed by atoms with Crippen LogP contribution in [0.5, 0.6) is 0 Å². The third-order valence-corrected chi connectivity index (χ3v) is 8.11. The Bertz CT molecular complexity index is 1950. The molecule has 3 aromatic carbocycles. The molecule has 6 N–H and O–H groups in total. The van der Waals surface area contributed by atoms with Gasteiger partial charge >= 0.3 is 29.6 Å². The monoisotopic (exact) mass is 732 g/mol. The molecular weight excluding hydrogens is 694 g/mol. The molecule has 0 atom stereocenters.